The van der Waals surface area contributed by atoms with Gasteiger partial charge in [-0.25, -0.2) is 0 Å². The number of primary amides is 2. The minimum absolute atomic E-state index is 0.453. The van der Waals surface area contributed by atoms with Crippen molar-refractivity contribution >= 4 is 11.8 Å². The van der Waals surface area contributed by atoms with Crippen LogP contribution in [-0.4, -0.2) is 43.5 Å². The topological polar surface area (TPSA) is 98.7 Å². The molecule has 1 heterocycles. The van der Waals surface area contributed by atoms with Crippen molar-refractivity contribution in [2.45, 2.75) is 6.42 Å². The molecule has 114 valence electrons. The summed E-state index contributed by atoms with van der Waals surface area (Å²) >= 11 is 0. The number of rotatable bonds is 6. The highest BCUT2D eigenvalue weighted by atomic mass is 16.5. The molecule has 6 heteroatoms. The van der Waals surface area contributed by atoms with Crippen LogP contribution in [0, 0.1) is 11.8 Å². The maximum atomic E-state index is 11.4. The van der Waals surface area contributed by atoms with E-state index in [0.717, 1.165) is 18.7 Å². The standard InChI is InChI=1S/C15H21N3O3/c1-21-11-4-2-10(3-5-11)6-7-18-8-12(14(16)19)13(9-18)15(17)20/h2-5,12-13H,6-9H2,1H3,(H2,16,19)(H2,17,20). The molecule has 2 atom stereocenters. The van der Waals surface area contributed by atoms with Gasteiger partial charge < -0.3 is 21.1 Å². The Morgan fingerprint density at radius 1 is 1.14 bits per heavy atom. The molecule has 21 heavy (non-hydrogen) atoms. The third kappa shape index (κ3) is 3.72. The van der Waals surface area contributed by atoms with Crippen LogP contribution in [0.1, 0.15) is 5.56 Å². The number of carbonyl (C=O) groups excluding carboxylic acids is 2. The second kappa shape index (κ2) is 6.58. The molecule has 1 fully saturated rings. The second-order valence-corrected chi connectivity index (χ2v) is 5.38. The number of nitrogens with zero attached hydrogens (tertiary/aromatic N) is 1. The van der Waals surface area contributed by atoms with Crippen molar-refractivity contribution in [2.24, 2.45) is 23.3 Å². The monoisotopic (exact) mass is 291 g/mol. The quantitative estimate of drug-likeness (QED) is 0.755. The Hall–Kier alpha value is -2.08. The predicted octanol–water partition coefficient (Wildman–Crippen LogP) is -0.244. The van der Waals surface area contributed by atoms with Gasteiger partial charge >= 0.3 is 0 Å². The van der Waals surface area contributed by atoms with E-state index in [1.807, 2.05) is 24.3 Å². The van der Waals surface area contributed by atoms with E-state index in [2.05, 4.69) is 4.90 Å². The van der Waals surface area contributed by atoms with Crippen LogP contribution >= 0.6 is 0 Å². The van der Waals surface area contributed by atoms with Gasteiger partial charge in [-0.1, -0.05) is 12.1 Å². The molecule has 0 aliphatic carbocycles. The minimum atomic E-state index is -0.474. The van der Waals surface area contributed by atoms with Crippen molar-refractivity contribution < 1.29 is 14.3 Å². The number of carbonyl (C=O) groups is 2. The molecule has 0 radical (unpaired) electrons. The highest BCUT2D eigenvalue weighted by Crippen LogP contribution is 2.23. The molecule has 0 saturated carbocycles. The molecule has 2 amide bonds. The van der Waals surface area contributed by atoms with Crippen LogP contribution < -0.4 is 16.2 Å². The van der Waals surface area contributed by atoms with Crippen LogP contribution in [0.15, 0.2) is 24.3 Å². The molecular formula is C15H21N3O3. The lowest BCUT2D eigenvalue weighted by molar-refractivity contribution is -0.129. The van der Waals surface area contributed by atoms with Gasteiger partial charge in [0.2, 0.25) is 11.8 Å². The lowest BCUT2D eigenvalue weighted by Gasteiger charge is -2.15. The van der Waals surface area contributed by atoms with Crippen molar-refractivity contribution in [1.82, 2.24) is 4.90 Å². The molecule has 6 nitrogen and oxygen atoms in total. The summed E-state index contributed by atoms with van der Waals surface area (Å²) in [6.07, 6.45) is 0.834. The van der Waals surface area contributed by atoms with Gasteiger partial charge in [-0.3, -0.25) is 9.59 Å². The van der Waals surface area contributed by atoms with Gasteiger partial charge in [-0.2, -0.15) is 0 Å². The fourth-order valence-electron chi connectivity index (χ4n) is 2.72. The lowest BCUT2D eigenvalue weighted by Crippen LogP contribution is -2.36. The highest BCUT2D eigenvalue weighted by molar-refractivity contribution is 5.87. The van der Waals surface area contributed by atoms with E-state index >= 15 is 0 Å². The maximum Gasteiger partial charge on any atom is 0.222 e. The van der Waals surface area contributed by atoms with E-state index < -0.39 is 23.7 Å². The largest absolute Gasteiger partial charge is 0.497 e. The molecule has 1 aromatic carbocycles. The minimum Gasteiger partial charge on any atom is -0.497 e. The number of ether oxygens (including phenoxy) is 1. The first-order valence-corrected chi connectivity index (χ1v) is 6.95. The summed E-state index contributed by atoms with van der Waals surface area (Å²) in [4.78, 5) is 24.8. The number of hydrogen-bond acceptors (Lipinski definition) is 4. The van der Waals surface area contributed by atoms with Gasteiger partial charge in [-0.15, -0.1) is 0 Å². The number of methoxy groups -OCH3 is 1. The van der Waals surface area contributed by atoms with E-state index in [9.17, 15) is 9.59 Å². The summed E-state index contributed by atoms with van der Waals surface area (Å²) < 4.78 is 5.11. The fraction of sp³-hybridized carbons (Fsp3) is 0.467. The van der Waals surface area contributed by atoms with Crippen molar-refractivity contribution in [3.63, 3.8) is 0 Å². The first-order valence-electron chi connectivity index (χ1n) is 6.95. The number of likely N-dealkylation sites (tertiary alicyclic amines) is 1. The first kappa shape index (κ1) is 15.3. The zero-order valence-corrected chi connectivity index (χ0v) is 12.1. The number of amides is 2. The lowest BCUT2D eigenvalue weighted by atomic mass is 9.95. The van der Waals surface area contributed by atoms with Crippen molar-refractivity contribution in [3.8, 4) is 5.75 Å². The van der Waals surface area contributed by atoms with Crippen LogP contribution in [0.2, 0.25) is 0 Å². The molecule has 1 aromatic rings. The maximum absolute atomic E-state index is 11.4. The number of benzene rings is 1. The van der Waals surface area contributed by atoms with Crippen LogP contribution in [0.25, 0.3) is 0 Å². The Morgan fingerprint density at radius 2 is 1.67 bits per heavy atom. The van der Waals surface area contributed by atoms with E-state index in [1.165, 1.54) is 5.56 Å². The van der Waals surface area contributed by atoms with Crippen LogP contribution in [0.3, 0.4) is 0 Å². The van der Waals surface area contributed by atoms with Gasteiger partial charge in [0.25, 0.3) is 0 Å². The Balaban J connectivity index is 1.91. The van der Waals surface area contributed by atoms with Crippen LogP contribution in [0.5, 0.6) is 5.75 Å². The molecule has 4 N–H and O–H groups in total. The van der Waals surface area contributed by atoms with Gasteiger partial charge in [0.1, 0.15) is 5.75 Å². The average molecular weight is 291 g/mol. The van der Waals surface area contributed by atoms with Gasteiger partial charge in [-0.05, 0) is 24.1 Å². The van der Waals surface area contributed by atoms with Crippen molar-refractivity contribution in [3.05, 3.63) is 29.8 Å². The molecule has 0 aromatic heterocycles. The number of hydrogen-bond donors (Lipinski definition) is 2. The summed E-state index contributed by atoms with van der Waals surface area (Å²) in [6, 6.07) is 7.84. The Kier molecular flexibility index (Phi) is 4.80. The molecule has 1 aliphatic rings. The molecule has 1 saturated heterocycles. The second-order valence-electron chi connectivity index (χ2n) is 5.38. The molecule has 2 unspecified atom stereocenters. The summed E-state index contributed by atoms with van der Waals surface area (Å²) in [6.45, 7) is 1.76. The number of nitrogens with two attached hydrogens (primary N) is 2. The summed E-state index contributed by atoms with van der Waals surface area (Å²) in [5, 5.41) is 0. The van der Waals surface area contributed by atoms with E-state index in [1.54, 1.807) is 7.11 Å². The van der Waals surface area contributed by atoms with Crippen molar-refractivity contribution in [1.29, 1.82) is 0 Å². The fourth-order valence-corrected chi connectivity index (χ4v) is 2.72. The summed E-state index contributed by atoms with van der Waals surface area (Å²) in [7, 11) is 1.63. The van der Waals surface area contributed by atoms with Crippen LogP contribution in [0.4, 0.5) is 0 Å². The Morgan fingerprint density at radius 3 is 2.10 bits per heavy atom. The zero-order valence-electron chi connectivity index (χ0n) is 12.1. The SMILES string of the molecule is COc1ccc(CCN2CC(C(N)=O)C(C(N)=O)C2)cc1. The predicted molar refractivity (Wildman–Crippen MR) is 78.5 cm³/mol. The summed E-state index contributed by atoms with van der Waals surface area (Å²) in [5.74, 6) is -1.03. The van der Waals surface area contributed by atoms with Gasteiger partial charge in [0.05, 0.1) is 18.9 Å². The summed E-state index contributed by atoms with van der Waals surface area (Å²) in [5.41, 5.74) is 11.9. The zero-order chi connectivity index (χ0) is 15.4. The normalized spacial score (nSPS) is 22.1. The van der Waals surface area contributed by atoms with Crippen LogP contribution in [-0.2, 0) is 16.0 Å². The van der Waals surface area contributed by atoms with Gasteiger partial charge in [0.15, 0.2) is 0 Å². The molecule has 0 spiro atoms. The molecule has 1 aliphatic heterocycles. The van der Waals surface area contributed by atoms with E-state index in [0.29, 0.717) is 13.1 Å². The Labute approximate surface area is 124 Å². The van der Waals surface area contributed by atoms with E-state index in [4.69, 9.17) is 16.2 Å². The van der Waals surface area contributed by atoms with Gasteiger partial charge in [0, 0.05) is 19.6 Å². The molecular weight excluding hydrogens is 270 g/mol. The highest BCUT2D eigenvalue weighted by Gasteiger charge is 2.39. The van der Waals surface area contributed by atoms with E-state index in [-0.39, 0.29) is 0 Å². The molecule has 2 rings (SSSR count). The Bertz CT molecular complexity index is 493. The smallest absolute Gasteiger partial charge is 0.222 e. The third-order valence-electron chi connectivity index (χ3n) is 4.00. The third-order valence-corrected chi connectivity index (χ3v) is 4.00. The average Bonchev–Trinajstić information content (AvgIpc) is 2.90. The molecule has 0 bridgehead atoms. The first-order chi connectivity index (χ1) is 10.0. The van der Waals surface area contributed by atoms with Crippen molar-refractivity contribution in [2.75, 3.05) is 26.7 Å².